The molecule has 1 aromatic carbocycles. The second kappa shape index (κ2) is 6.81. The summed E-state index contributed by atoms with van der Waals surface area (Å²) < 4.78 is 61.9. The summed E-state index contributed by atoms with van der Waals surface area (Å²) in [6.45, 7) is -1.24. The van der Waals surface area contributed by atoms with Gasteiger partial charge in [0.05, 0.1) is 6.54 Å². The summed E-state index contributed by atoms with van der Waals surface area (Å²) in [6.07, 6.45) is -7.34. The molecule has 21 heavy (non-hydrogen) atoms. The molecule has 0 aliphatic rings. The van der Waals surface area contributed by atoms with Crippen LogP contribution in [0.3, 0.4) is 0 Å². The molecule has 0 aromatic heterocycles. The minimum absolute atomic E-state index is 0.0244. The maximum Gasteiger partial charge on any atom is 0.415 e. The number of hydrogen-bond donors (Lipinski definition) is 2. The summed E-state index contributed by atoms with van der Waals surface area (Å²) in [5.41, 5.74) is -0.0244. The Hall–Kier alpha value is -1.74. The Balaban J connectivity index is 2.51. The van der Waals surface area contributed by atoms with Gasteiger partial charge in [0.2, 0.25) is 5.91 Å². The number of nitrogens with zero attached hydrogens (tertiary/aromatic N) is 1. The zero-order chi connectivity index (χ0) is 16.2. The number of nitrogens with one attached hydrogen (secondary N) is 1. The van der Waals surface area contributed by atoms with E-state index in [0.717, 1.165) is 23.1 Å². The summed E-state index contributed by atoms with van der Waals surface area (Å²) >= 11 is 0. The van der Waals surface area contributed by atoms with E-state index in [9.17, 15) is 26.7 Å². The third kappa shape index (κ3) is 5.64. The van der Waals surface area contributed by atoms with Crippen molar-refractivity contribution in [1.29, 1.82) is 0 Å². The molecular weight excluding hydrogens is 299 g/mol. The third-order valence-corrected chi connectivity index (χ3v) is 2.48. The van der Waals surface area contributed by atoms with E-state index in [1.54, 1.807) is 0 Å². The lowest BCUT2D eigenvalue weighted by Gasteiger charge is -2.21. The predicted molar refractivity (Wildman–Crippen MR) is 64.5 cm³/mol. The van der Waals surface area contributed by atoms with Gasteiger partial charge in [0.25, 0.3) is 0 Å². The van der Waals surface area contributed by atoms with Crippen molar-refractivity contribution in [1.82, 2.24) is 4.90 Å². The number of anilines is 1. The largest absolute Gasteiger partial charge is 0.415 e. The van der Waals surface area contributed by atoms with Crippen LogP contribution in [0, 0.1) is 11.6 Å². The number of alkyl halides is 3. The first-order chi connectivity index (χ1) is 9.59. The fraction of sp³-hybridized carbons (Fsp3) is 0.417. The Morgan fingerprint density at radius 3 is 2.48 bits per heavy atom. The molecule has 4 nitrogen and oxygen atoms in total. The number of rotatable bonds is 5. The topological polar surface area (TPSA) is 52.6 Å². The van der Waals surface area contributed by atoms with Gasteiger partial charge in [0.15, 0.2) is 17.7 Å². The van der Waals surface area contributed by atoms with Crippen LogP contribution in [0.4, 0.5) is 27.6 Å². The van der Waals surface area contributed by atoms with Crippen molar-refractivity contribution in [2.45, 2.75) is 12.3 Å². The van der Waals surface area contributed by atoms with Crippen LogP contribution in [0.5, 0.6) is 0 Å². The SMILES string of the molecule is CN(CC(=O)Nc1ccc(F)c(F)c1)CC(O)C(F)(F)F. The van der Waals surface area contributed by atoms with E-state index in [2.05, 4.69) is 5.32 Å². The van der Waals surface area contributed by atoms with Gasteiger partial charge in [-0.25, -0.2) is 8.78 Å². The number of amides is 1. The van der Waals surface area contributed by atoms with E-state index in [4.69, 9.17) is 5.11 Å². The molecule has 0 saturated carbocycles. The molecule has 0 aliphatic carbocycles. The highest BCUT2D eigenvalue weighted by Crippen LogP contribution is 2.20. The molecule has 0 radical (unpaired) electrons. The summed E-state index contributed by atoms with van der Waals surface area (Å²) in [4.78, 5) is 12.5. The van der Waals surface area contributed by atoms with Crippen LogP contribution in [0.15, 0.2) is 18.2 Å². The van der Waals surface area contributed by atoms with E-state index in [1.165, 1.54) is 7.05 Å². The minimum Gasteiger partial charge on any atom is -0.382 e. The number of aliphatic hydroxyl groups excluding tert-OH is 1. The standard InChI is InChI=1S/C12H13F5N2O2/c1-19(5-10(20)12(15,16)17)6-11(21)18-7-2-3-8(13)9(14)4-7/h2-4,10,20H,5-6H2,1H3,(H,18,21). The van der Waals surface area contributed by atoms with Crippen molar-refractivity contribution in [2.24, 2.45) is 0 Å². The highest BCUT2D eigenvalue weighted by atomic mass is 19.4. The first-order valence-electron chi connectivity index (χ1n) is 5.78. The first-order valence-corrected chi connectivity index (χ1v) is 5.78. The summed E-state index contributed by atoms with van der Waals surface area (Å²) in [5, 5.41) is 11.0. The van der Waals surface area contributed by atoms with Gasteiger partial charge >= 0.3 is 6.18 Å². The van der Waals surface area contributed by atoms with Crippen LogP contribution in [0.1, 0.15) is 0 Å². The molecule has 1 atom stereocenters. The number of carbonyl (C=O) groups excluding carboxylic acids is 1. The fourth-order valence-electron chi connectivity index (χ4n) is 1.48. The van der Waals surface area contributed by atoms with Crippen molar-refractivity contribution >= 4 is 11.6 Å². The summed E-state index contributed by atoms with van der Waals surface area (Å²) in [5.74, 6) is -2.97. The number of aliphatic hydroxyl groups is 1. The van der Waals surface area contributed by atoms with Gasteiger partial charge in [-0.05, 0) is 19.2 Å². The third-order valence-electron chi connectivity index (χ3n) is 2.48. The first kappa shape index (κ1) is 17.3. The summed E-state index contributed by atoms with van der Waals surface area (Å²) in [7, 11) is 1.21. The summed E-state index contributed by atoms with van der Waals surface area (Å²) in [6, 6.07) is 2.67. The lowest BCUT2D eigenvalue weighted by atomic mass is 10.3. The van der Waals surface area contributed by atoms with E-state index >= 15 is 0 Å². The highest BCUT2D eigenvalue weighted by molar-refractivity contribution is 5.92. The van der Waals surface area contributed by atoms with Crippen LogP contribution >= 0.6 is 0 Å². The fourth-order valence-corrected chi connectivity index (χ4v) is 1.48. The van der Waals surface area contributed by atoms with Gasteiger partial charge in [-0.3, -0.25) is 9.69 Å². The predicted octanol–water partition coefficient (Wildman–Crippen LogP) is 1.76. The maximum atomic E-state index is 12.9. The average molecular weight is 312 g/mol. The maximum absolute atomic E-state index is 12.9. The Kier molecular flexibility index (Phi) is 5.62. The van der Waals surface area contributed by atoms with Crippen LogP contribution in [0.2, 0.25) is 0 Å². The second-order valence-electron chi connectivity index (χ2n) is 4.43. The van der Waals surface area contributed by atoms with Crippen molar-refractivity contribution in [3.05, 3.63) is 29.8 Å². The van der Waals surface area contributed by atoms with Gasteiger partial charge in [0.1, 0.15) is 0 Å². The van der Waals surface area contributed by atoms with E-state index < -0.39 is 42.9 Å². The second-order valence-corrected chi connectivity index (χ2v) is 4.43. The van der Waals surface area contributed by atoms with Crippen LogP contribution in [0.25, 0.3) is 0 Å². The molecule has 0 saturated heterocycles. The van der Waals surface area contributed by atoms with Crippen LogP contribution in [-0.4, -0.2) is 48.3 Å². The average Bonchev–Trinajstić information content (AvgIpc) is 2.32. The number of carbonyl (C=O) groups is 1. The van der Waals surface area contributed by atoms with E-state index in [0.29, 0.717) is 0 Å². The molecular formula is C12H13F5N2O2. The molecule has 1 aromatic rings. The number of halogens is 5. The molecule has 0 aliphatic heterocycles. The Morgan fingerprint density at radius 1 is 1.33 bits per heavy atom. The lowest BCUT2D eigenvalue weighted by Crippen LogP contribution is -2.42. The molecule has 0 fully saturated rings. The molecule has 1 unspecified atom stereocenters. The van der Waals surface area contributed by atoms with Crippen LogP contribution < -0.4 is 5.32 Å². The number of hydrogen-bond acceptors (Lipinski definition) is 3. The normalized spacial score (nSPS) is 13.3. The zero-order valence-electron chi connectivity index (χ0n) is 10.9. The molecule has 1 rings (SSSR count). The highest BCUT2D eigenvalue weighted by Gasteiger charge is 2.38. The van der Waals surface area contributed by atoms with Gasteiger partial charge in [-0.2, -0.15) is 13.2 Å². The Labute approximate surface area is 117 Å². The van der Waals surface area contributed by atoms with Gasteiger partial charge < -0.3 is 10.4 Å². The van der Waals surface area contributed by atoms with Crippen molar-refractivity contribution in [3.63, 3.8) is 0 Å². The molecule has 0 heterocycles. The smallest absolute Gasteiger partial charge is 0.382 e. The van der Waals surface area contributed by atoms with E-state index in [1.807, 2.05) is 0 Å². The number of benzene rings is 1. The lowest BCUT2D eigenvalue weighted by molar-refractivity contribution is -0.207. The van der Waals surface area contributed by atoms with Crippen LogP contribution in [-0.2, 0) is 4.79 Å². The Morgan fingerprint density at radius 2 is 1.95 bits per heavy atom. The molecule has 1 amide bonds. The molecule has 2 N–H and O–H groups in total. The minimum atomic E-state index is -4.77. The van der Waals surface area contributed by atoms with Crippen molar-refractivity contribution < 1.29 is 31.9 Å². The molecule has 0 bridgehead atoms. The monoisotopic (exact) mass is 312 g/mol. The van der Waals surface area contributed by atoms with Gasteiger partial charge in [0, 0.05) is 18.3 Å². The Bertz CT molecular complexity index is 507. The van der Waals surface area contributed by atoms with Crippen molar-refractivity contribution in [2.75, 3.05) is 25.5 Å². The quantitative estimate of drug-likeness (QED) is 0.815. The molecule has 118 valence electrons. The zero-order valence-corrected chi connectivity index (χ0v) is 10.9. The van der Waals surface area contributed by atoms with Crippen molar-refractivity contribution in [3.8, 4) is 0 Å². The van der Waals surface area contributed by atoms with Gasteiger partial charge in [-0.15, -0.1) is 0 Å². The van der Waals surface area contributed by atoms with E-state index in [-0.39, 0.29) is 5.69 Å². The number of likely N-dealkylation sites (N-methyl/N-ethyl adjacent to an activating group) is 1. The molecule has 9 heteroatoms. The van der Waals surface area contributed by atoms with Gasteiger partial charge in [-0.1, -0.05) is 0 Å². The molecule has 0 spiro atoms.